The Morgan fingerprint density at radius 2 is 1.56 bits per heavy atom. The zero-order valence-corrected chi connectivity index (χ0v) is 10.9. The molecule has 0 radical (unpaired) electrons. The second-order valence-corrected chi connectivity index (χ2v) is 5.57. The second-order valence-electron chi connectivity index (χ2n) is 4.02. The Kier molecular flexibility index (Phi) is 3.34. The third kappa shape index (κ3) is 2.87. The highest BCUT2D eigenvalue weighted by molar-refractivity contribution is 7.87. The van der Waals surface area contributed by atoms with Crippen LogP contribution in [0, 0.1) is 13.8 Å². The van der Waals surface area contributed by atoms with Crippen LogP contribution in [0.4, 0.5) is 0 Å². The standard InChI is InChI=1S/C13H13NO3S/c1-10-3-6-12(7-4-10)18(15,16)17-13-8-5-11(2)9-14-13/h3-9H,1-2H3. The molecule has 0 spiro atoms. The van der Waals surface area contributed by atoms with Crippen LogP contribution in [0.2, 0.25) is 0 Å². The Labute approximate surface area is 106 Å². The van der Waals surface area contributed by atoms with Gasteiger partial charge in [-0.3, -0.25) is 0 Å². The van der Waals surface area contributed by atoms with E-state index in [0.717, 1.165) is 11.1 Å². The SMILES string of the molecule is Cc1ccc(S(=O)(=O)Oc2ccc(C)cn2)cc1. The molecule has 1 aromatic carbocycles. The van der Waals surface area contributed by atoms with Crippen molar-refractivity contribution in [2.75, 3.05) is 0 Å². The summed E-state index contributed by atoms with van der Waals surface area (Å²) < 4.78 is 28.8. The van der Waals surface area contributed by atoms with Crippen molar-refractivity contribution in [2.45, 2.75) is 18.7 Å². The van der Waals surface area contributed by atoms with Gasteiger partial charge < -0.3 is 4.18 Å². The lowest BCUT2D eigenvalue weighted by Gasteiger charge is -2.06. The average Bonchev–Trinajstić information content (AvgIpc) is 2.32. The third-order valence-corrected chi connectivity index (χ3v) is 3.63. The van der Waals surface area contributed by atoms with Crippen molar-refractivity contribution in [3.63, 3.8) is 0 Å². The molecule has 0 unspecified atom stereocenters. The maximum absolute atomic E-state index is 11.9. The maximum Gasteiger partial charge on any atom is 0.340 e. The minimum atomic E-state index is -3.81. The van der Waals surface area contributed by atoms with E-state index in [-0.39, 0.29) is 10.8 Å². The molecule has 5 heteroatoms. The zero-order chi connectivity index (χ0) is 13.2. The Hall–Kier alpha value is -1.88. The fraction of sp³-hybridized carbons (Fsp3) is 0.154. The molecule has 2 aromatic rings. The molecule has 0 aliphatic heterocycles. The van der Waals surface area contributed by atoms with Crippen molar-refractivity contribution in [2.24, 2.45) is 0 Å². The summed E-state index contributed by atoms with van der Waals surface area (Å²) in [5.74, 6) is 0.0705. The Morgan fingerprint density at radius 1 is 0.944 bits per heavy atom. The van der Waals surface area contributed by atoms with Gasteiger partial charge in [-0.15, -0.1) is 0 Å². The Bertz CT molecular complexity index is 631. The summed E-state index contributed by atoms with van der Waals surface area (Å²) in [5.41, 5.74) is 1.93. The Morgan fingerprint density at radius 3 is 2.11 bits per heavy atom. The number of pyridine rings is 1. The largest absolute Gasteiger partial charge is 0.358 e. The highest BCUT2D eigenvalue weighted by Crippen LogP contribution is 2.17. The van der Waals surface area contributed by atoms with E-state index < -0.39 is 10.1 Å². The molecule has 0 aliphatic rings. The molecule has 2 rings (SSSR count). The van der Waals surface area contributed by atoms with Crippen LogP contribution in [0.5, 0.6) is 5.88 Å². The molecule has 0 saturated heterocycles. The summed E-state index contributed by atoms with van der Waals surface area (Å²) in [6.07, 6.45) is 1.56. The highest BCUT2D eigenvalue weighted by Gasteiger charge is 2.16. The van der Waals surface area contributed by atoms with Crippen molar-refractivity contribution >= 4 is 10.1 Å². The molecule has 0 atom stereocenters. The van der Waals surface area contributed by atoms with Crippen LogP contribution >= 0.6 is 0 Å². The van der Waals surface area contributed by atoms with Crippen LogP contribution in [0.1, 0.15) is 11.1 Å². The van der Waals surface area contributed by atoms with Crippen LogP contribution in [0.3, 0.4) is 0 Å². The summed E-state index contributed by atoms with van der Waals surface area (Å²) in [6.45, 7) is 3.75. The number of rotatable bonds is 3. The topological polar surface area (TPSA) is 56.3 Å². The van der Waals surface area contributed by atoms with Gasteiger partial charge in [-0.05, 0) is 31.5 Å². The van der Waals surface area contributed by atoms with Gasteiger partial charge >= 0.3 is 10.1 Å². The van der Waals surface area contributed by atoms with E-state index in [9.17, 15) is 8.42 Å². The molecular formula is C13H13NO3S. The summed E-state index contributed by atoms with van der Waals surface area (Å²) in [4.78, 5) is 4.03. The molecule has 0 fully saturated rings. The lowest BCUT2D eigenvalue weighted by Crippen LogP contribution is -2.10. The molecule has 0 N–H and O–H groups in total. The fourth-order valence-electron chi connectivity index (χ4n) is 1.37. The molecule has 1 heterocycles. The summed E-state index contributed by atoms with van der Waals surface area (Å²) in [7, 11) is -3.81. The van der Waals surface area contributed by atoms with Gasteiger partial charge in [0.25, 0.3) is 0 Å². The molecular weight excluding hydrogens is 250 g/mol. The van der Waals surface area contributed by atoms with Crippen molar-refractivity contribution in [1.29, 1.82) is 0 Å². The number of aromatic nitrogens is 1. The van der Waals surface area contributed by atoms with Gasteiger partial charge in [-0.2, -0.15) is 8.42 Å². The lowest BCUT2D eigenvalue weighted by atomic mass is 10.2. The first-order valence-electron chi connectivity index (χ1n) is 5.41. The monoisotopic (exact) mass is 263 g/mol. The smallest absolute Gasteiger partial charge is 0.340 e. The summed E-state index contributed by atoms with van der Waals surface area (Å²) in [6, 6.07) is 9.74. The number of hydrogen-bond donors (Lipinski definition) is 0. The molecule has 0 aliphatic carbocycles. The first-order chi connectivity index (χ1) is 8.47. The molecule has 18 heavy (non-hydrogen) atoms. The number of hydrogen-bond acceptors (Lipinski definition) is 4. The Balaban J connectivity index is 2.27. The summed E-state index contributed by atoms with van der Waals surface area (Å²) in [5, 5.41) is 0. The van der Waals surface area contributed by atoms with Crippen molar-refractivity contribution in [1.82, 2.24) is 4.98 Å². The highest BCUT2D eigenvalue weighted by atomic mass is 32.2. The molecule has 0 bridgehead atoms. The van der Waals surface area contributed by atoms with E-state index >= 15 is 0 Å². The number of aryl methyl sites for hydroxylation is 2. The first-order valence-corrected chi connectivity index (χ1v) is 6.82. The molecule has 0 amide bonds. The van der Waals surface area contributed by atoms with Crippen LogP contribution in [0.15, 0.2) is 47.5 Å². The van der Waals surface area contributed by atoms with E-state index in [1.54, 1.807) is 24.4 Å². The van der Waals surface area contributed by atoms with Gasteiger partial charge in [0.15, 0.2) is 0 Å². The average molecular weight is 263 g/mol. The van der Waals surface area contributed by atoms with E-state index in [0.29, 0.717) is 0 Å². The maximum atomic E-state index is 11.9. The van der Waals surface area contributed by atoms with E-state index in [1.807, 2.05) is 13.8 Å². The second kappa shape index (κ2) is 4.78. The number of nitrogens with zero attached hydrogens (tertiary/aromatic N) is 1. The first kappa shape index (κ1) is 12.6. The van der Waals surface area contributed by atoms with Crippen LogP contribution < -0.4 is 4.18 Å². The normalized spacial score (nSPS) is 11.2. The van der Waals surface area contributed by atoms with E-state index in [1.165, 1.54) is 18.2 Å². The van der Waals surface area contributed by atoms with Crippen LogP contribution in [-0.2, 0) is 10.1 Å². The predicted molar refractivity (Wildman–Crippen MR) is 68.0 cm³/mol. The van der Waals surface area contributed by atoms with Gasteiger partial charge in [0.05, 0.1) is 0 Å². The van der Waals surface area contributed by atoms with E-state index in [2.05, 4.69) is 4.98 Å². The van der Waals surface area contributed by atoms with Crippen LogP contribution in [0.25, 0.3) is 0 Å². The van der Waals surface area contributed by atoms with Crippen LogP contribution in [-0.4, -0.2) is 13.4 Å². The quantitative estimate of drug-likeness (QED) is 0.798. The van der Waals surface area contributed by atoms with E-state index in [4.69, 9.17) is 4.18 Å². The van der Waals surface area contributed by atoms with Crippen molar-refractivity contribution in [3.05, 3.63) is 53.7 Å². The van der Waals surface area contributed by atoms with Gasteiger partial charge in [0.1, 0.15) is 4.90 Å². The minimum Gasteiger partial charge on any atom is -0.358 e. The van der Waals surface area contributed by atoms with Crippen molar-refractivity contribution < 1.29 is 12.6 Å². The predicted octanol–water partition coefficient (Wildman–Crippen LogP) is 2.47. The number of benzene rings is 1. The molecule has 0 saturated carbocycles. The zero-order valence-electron chi connectivity index (χ0n) is 10.1. The minimum absolute atomic E-state index is 0.0705. The van der Waals surface area contributed by atoms with Gasteiger partial charge in [-0.1, -0.05) is 23.8 Å². The fourth-order valence-corrected chi connectivity index (χ4v) is 2.26. The third-order valence-electron chi connectivity index (χ3n) is 2.39. The molecule has 1 aromatic heterocycles. The van der Waals surface area contributed by atoms with Gasteiger partial charge in [0.2, 0.25) is 5.88 Å². The molecule has 94 valence electrons. The van der Waals surface area contributed by atoms with Gasteiger partial charge in [-0.25, -0.2) is 4.98 Å². The lowest BCUT2D eigenvalue weighted by molar-refractivity contribution is 0.476. The van der Waals surface area contributed by atoms with Gasteiger partial charge in [0, 0.05) is 12.3 Å². The summed E-state index contributed by atoms with van der Waals surface area (Å²) >= 11 is 0. The molecule has 4 nitrogen and oxygen atoms in total. The van der Waals surface area contributed by atoms with Crippen molar-refractivity contribution in [3.8, 4) is 5.88 Å².